The lowest BCUT2D eigenvalue weighted by Crippen LogP contribution is -2.23. The molecule has 0 aliphatic carbocycles. The molecule has 2 aromatic carbocycles. The third-order valence-corrected chi connectivity index (χ3v) is 6.02. The van der Waals surface area contributed by atoms with E-state index in [0.29, 0.717) is 22.5 Å². The summed E-state index contributed by atoms with van der Waals surface area (Å²) in [6.45, 7) is 0.195. The van der Waals surface area contributed by atoms with Gasteiger partial charge in [0.15, 0.2) is 5.58 Å². The Bertz CT molecular complexity index is 1350. The summed E-state index contributed by atoms with van der Waals surface area (Å²) in [5, 5.41) is 2.69. The largest absolute Gasteiger partial charge is 0.468 e. The molecule has 10 heteroatoms. The van der Waals surface area contributed by atoms with Gasteiger partial charge in [-0.25, -0.2) is 17.9 Å². The number of aryl methyl sites for hydroxylation is 1. The molecule has 2 N–H and O–H groups in total. The summed E-state index contributed by atoms with van der Waals surface area (Å²) in [7, 11) is -3.72. The van der Waals surface area contributed by atoms with E-state index in [-0.39, 0.29) is 30.3 Å². The van der Waals surface area contributed by atoms with Gasteiger partial charge in [-0.1, -0.05) is 12.1 Å². The summed E-state index contributed by atoms with van der Waals surface area (Å²) >= 11 is 0. The van der Waals surface area contributed by atoms with E-state index in [0.717, 1.165) is 0 Å². The number of sulfonamides is 1. The second-order valence-electron chi connectivity index (χ2n) is 6.71. The van der Waals surface area contributed by atoms with Gasteiger partial charge in [-0.2, -0.15) is 0 Å². The Morgan fingerprint density at radius 3 is 2.52 bits per heavy atom. The van der Waals surface area contributed by atoms with Gasteiger partial charge in [-0.3, -0.25) is 9.36 Å². The van der Waals surface area contributed by atoms with Crippen LogP contribution in [0.3, 0.4) is 0 Å². The fourth-order valence-corrected chi connectivity index (χ4v) is 4.04. The Hall–Kier alpha value is -3.63. The molecule has 0 unspecified atom stereocenters. The van der Waals surface area contributed by atoms with E-state index in [4.69, 9.17) is 8.83 Å². The second kappa shape index (κ2) is 8.62. The van der Waals surface area contributed by atoms with Gasteiger partial charge in [0.25, 0.3) is 0 Å². The molecule has 0 aliphatic rings. The summed E-state index contributed by atoms with van der Waals surface area (Å²) in [6.07, 6.45) is 1.51. The predicted molar refractivity (Wildman–Crippen MR) is 113 cm³/mol. The van der Waals surface area contributed by atoms with Crippen molar-refractivity contribution in [2.45, 2.75) is 24.4 Å². The van der Waals surface area contributed by atoms with Crippen molar-refractivity contribution in [2.75, 3.05) is 5.32 Å². The number of hydrogen-bond donors (Lipinski definition) is 2. The van der Waals surface area contributed by atoms with Gasteiger partial charge in [-0.05, 0) is 48.5 Å². The molecular weight excluding hydrogens is 422 g/mol. The van der Waals surface area contributed by atoms with E-state index in [1.807, 2.05) is 0 Å². The van der Waals surface area contributed by atoms with Crippen molar-refractivity contribution in [3.8, 4) is 0 Å². The molecule has 0 saturated carbocycles. The van der Waals surface area contributed by atoms with Gasteiger partial charge in [0.2, 0.25) is 15.9 Å². The average molecular weight is 441 g/mol. The lowest BCUT2D eigenvalue weighted by molar-refractivity contribution is -0.116. The van der Waals surface area contributed by atoms with Gasteiger partial charge >= 0.3 is 5.76 Å². The van der Waals surface area contributed by atoms with Crippen molar-refractivity contribution in [3.63, 3.8) is 0 Å². The Balaban J connectivity index is 1.35. The fraction of sp³-hybridized carbons (Fsp3) is 0.143. The fourth-order valence-electron chi connectivity index (χ4n) is 3.04. The van der Waals surface area contributed by atoms with Crippen molar-refractivity contribution in [3.05, 3.63) is 83.2 Å². The number of oxazole rings is 1. The number of anilines is 1. The molecule has 0 saturated heterocycles. The number of carbonyl (C=O) groups is 1. The van der Waals surface area contributed by atoms with Crippen LogP contribution in [0, 0.1) is 0 Å². The molecule has 9 nitrogen and oxygen atoms in total. The zero-order chi connectivity index (χ0) is 21.8. The first-order valence-electron chi connectivity index (χ1n) is 9.43. The maximum Gasteiger partial charge on any atom is 0.419 e. The minimum absolute atomic E-state index is 0.0376. The first kappa shape index (κ1) is 20.6. The Morgan fingerprint density at radius 2 is 1.77 bits per heavy atom. The molecule has 2 heterocycles. The predicted octanol–water partition coefficient (Wildman–Crippen LogP) is 2.69. The van der Waals surface area contributed by atoms with E-state index >= 15 is 0 Å². The van der Waals surface area contributed by atoms with Crippen LogP contribution in [-0.2, 0) is 27.9 Å². The molecule has 2 aromatic heterocycles. The number of fused-ring (bicyclic) bond motifs is 1. The molecule has 0 fully saturated rings. The van der Waals surface area contributed by atoms with Gasteiger partial charge in [0.1, 0.15) is 5.76 Å². The highest BCUT2D eigenvalue weighted by Gasteiger charge is 2.15. The molecule has 31 heavy (non-hydrogen) atoms. The Morgan fingerprint density at radius 1 is 1.00 bits per heavy atom. The van der Waals surface area contributed by atoms with Crippen molar-refractivity contribution in [2.24, 2.45) is 0 Å². The zero-order valence-electron chi connectivity index (χ0n) is 16.3. The number of rotatable bonds is 8. The number of carbonyl (C=O) groups excluding carboxylic acids is 1. The van der Waals surface area contributed by atoms with Crippen LogP contribution in [0.4, 0.5) is 5.69 Å². The van der Waals surface area contributed by atoms with Gasteiger partial charge in [0.05, 0.1) is 23.2 Å². The van der Waals surface area contributed by atoms with Crippen molar-refractivity contribution < 1.29 is 22.0 Å². The molecule has 0 spiro atoms. The zero-order valence-corrected chi connectivity index (χ0v) is 17.1. The number of benzene rings is 2. The minimum Gasteiger partial charge on any atom is -0.468 e. The van der Waals surface area contributed by atoms with Crippen LogP contribution in [0.25, 0.3) is 11.1 Å². The highest BCUT2D eigenvalue weighted by atomic mass is 32.2. The van der Waals surface area contributed by atoms with Crippen LogP contribution in [0.15, 0.2) is 85.5 Å². The maximum atomic E-state index is 12.4. The molecule has 0 aliphatic heterocycles. The average Bonchev–Trinajstić information content (AvgIpc) is 3.38. The molecule has 160 valence electrons. The topological polar surface area (TPSA) is 124 Å². The first-order valence-corrected chi connectivity index (χ1v) is 10.9. The van der Waals surface area contributed by atoms with Crippen molar-refractivity contribution >= 4 is 32.7 Å². The number of furan rings is 1. The highest BCUT2D eigenvalue weighted by molar-refractivity contribution is 7.89. The number of para-hydroxylation sites is 2. The standard InChI is InChI=1S/C21H19N3O6S/c25-20(11-12-24-18-5-1-2-6-19(18)30-21(24)26)23-15-7-9-17(10-8-15)31(27,28)22-14-16-4-3-13-29-16/h1-10,13,22H,11-12,14H2,(H,23,25). The van der Waals surface area contributed by atoms with Crippen LogP contribution < -0.4 is 15.8 Å². The van der Waals surface area contributed by atoms with Crippen LogP contribution in [0.1, 0.15) is 12.2 Å². The van der Waals surface area contributed by atoms with Crippen LogP contribution in [0.2, 0.25) is 0 Å². The SMILES string of the molecule is O=C(CCn1c(=O)oc2ccccc21)Nc1ccc(S(=O)(=O)NCc2ccco2)cc1. The molecule has 0 atom stereocenters. The minimum atomic E-state index is -3.72. The van der Waals surface area contributed by atoms with Crippen LogP contribution in [0.5, 0.6) is 0 Å². The number of nitrogens with one attached hydrogen (secondary N) is 2. The molecule has 4 aromatic rings. The van der Waals surface area contributed by atoms with Gasteiger partial charge in [-0.15, -0.1) is 0 Å². The third kappa shape index (κ3) is 4.76. The number of hydrogen-bond acceptors (Lipinski definition) is 6. The number of nitrogens with zero attached hydrogens (tertiary/aromatic N) is 1. The van der Waals surface area contributed by atoms with Gasteiger partial charge < -0.3 is 14.2 Å². The Labute approximate surface area is 177 Å². The second-order valence-corrected chi connectivity index (χ2v) is 8.48. The summed E-state index contributed by atoms with van der Waals surface area (Å²) in [5.74, 6) is -0.341. The summed E-state index contributed by atoms with van der Waals surface area (Å²) in [4.78, 5) is 24.3. The first-order chi connectivity index (χ1) is 14.9. The van der Waals surface area contributed by atoms with Gasteiger partial charge in [0, 0.05) is 18.7 Å². The Kier molecular flexibility index (Phi) is 5.74. The lowest BCUT2D eigenvalue weighted by Gasteiger charge is -2.08. The third-order valence-electron chi connectivity index (χ3n) is 4.60. The quantitative estimate of drug-likeness (QED) is 0.433. The molecular formula is C21H19N3O6S. The van der Waals surface area contributed by atoms with E-state index in [2.05, 4.69) is 10.0 Å². The molecule has 4 rings (SSSR count). The van der Waals surface area contributed by atoms with Crippen LogP contribution in [-0.4, -0.2) is 18.9 Å². The smallest absolute Gasteiger partial charge is 0.419 e. The molecule has 0 bridgehead atoms. The summed E-state index contributed by atoms with van der Waals surface area (Å²) < 4.78 is 38.8. The van der Waals surface area contributed by atoms with Crippen molar-refractivity contribution in [1.82, 2.24) is 9.29 Å². The monoisotopic (exact) mass is 441 g/mol. The normalized spacial score (nSPS) is 11.6. The number of amides is 1. The number of aromatic nitrogens is 1. The molecule has 0 radical (unpaired) electrons. The van der Waals surface area contributed by atoms with Crippen molar-refractivity contribution in [1.29, 1.82) is 0 Å². The molecule has 1 amide bonds. The van der Waals surface area contributed by atoms with Crippen LogP contribution >= 0.6 is 0 Å². The maximum absolute atomic E-state index is 12.4. The van der Waals surface area contributed by atoms with E-state index < -0.39 is 15.8 Å². The van der Waals surface area contributed by atoms with E-state index in [1.54, 1.807) is 36.4 Å². The summed E-state index contributed by atoms with van der Waals surface area (Å²) in [5.41, 5.74) is 1.53. The van der Waals surface area contributed by atoms with E-state index in [9.17, 15) is 18.0 Å². The lowest BCUT2D eigenvalue weighted by atomic mass is 10.3. The van der Waals surface area contributed by atoms with E-state index in [1.165, 1.54) is 35.1 Å². The summed E-state index contributed by atoms with van der Waals surface area (Å²) in [6, 6.07) is 16.1. The highest BCUT2D eigenvalue weighted by Crippen LogP contribution is 2.16.